The van der Waals surface area contributed by atoms with Crippen LogP contribution in [0.15, 0.2) is 61.2 Å². The number of benzene rings is 2. The van der Waals surface area contributed by atoms with Crippen molar-refractivity contribution < 1.29 is 8.78 Å². The third kappa shape index (κ3) is 5.70. The highest BCUT2D eigenvalue weighted by molar-refractivity contribution is 6.35. The summed E-state index contributed by atoms with van der Waals surface area (Å²) in [5.74, 6) is 0. The van der Waals surface area contributed by atoms with Crippen molar-refractivity contribution in [3.63, 3.8) is 0 Å². The number of nitriles is 1. The first-order chi connectivity index (χ1) is 19.9. The van der Waals surface area contributed by atoms with Gasteiger partial charge in [-0.1, -0.05) is 55.8 Å². The molecule has 216 valence electrons. The summed E-state index contributed by atoms with van der Waals surface area (Å²) in [6, 6.07) is 13.0. The number of fused-ring (bicyclic) bond motifs is 2. The summed E-state index contributed by atoms with van der Waals surface area (Å²) < 4.78 is 28.9. The Hall–Kier alpha value is -4.36. The van der Waals surface area contributed by atoms with Gasteiger partial charge in [-0.15, -0.1) is 5.10 Å². The summed E-state index contributed by atoms with van der Waals surface area (Å²) >= 11 is 6.75. The van der Waals surface area contributed by atoms with Crippen molar-refractivity contribution in [2.24, 2.45) is 5.41 Å². The maximum Gasteiger partial charge on any atom is 0.262 e. The fourth-order valence-corrected chi connectivity index (χ4v) is 4.91. The molecule has 0 saturated carbocycles. The number of hydrogen-bond donors (Lipinski definition) is 2. The zero-order valence-electron chi connectivity index (χ0n) is 24.0. The Balaban J connectivity index is 1.66. The average molecular weight is 589 g/mol. The van der Waals surface area contributed by atoms with Gasteiger partial charge in [0.2, 0.25) is 0 Å². The summed E-state index contributed by atoms with van der Waals surface area (Å²) in [5.41, 5.74) is 1.90. The fourth-order valence-electron chi connectivity index (χ4n) is 4.64. The largest absolute Gasteiger partial charge is 0.383 e. The number of nitrogens with one attached hydrogen (secondary N) is 2. The van der Waals surface area contributed by atoms with E-state index in [2.05, 4.69) is 57.8 Å². The predicted octanol–water partition coefficient (Wildman–Crippen LogP) is 7.56. The van der Waals surface area contributed by atoms with Crippen LogP contribution < -0.4 is 10.6 Å². The molecule has 0 aliphatic rings. The molecule has 11 heteroatoms. The van der Waals surface area contributed by atoms with Gasteiger partial charge in [0.15, 0.2) is 0 Å². The molecule has 0 saturated heterocycles. The SMILES string of the molecule is CC(C)(C)CNc1c(C#N)cnc2c(Cl)cc(NC(c3cn(C(C)(C)C(F)F)nn3)c3cccc4cnccc34)cc12. The van der Waals surface area contributed by atoms with Crippen LogP contribution in [0.5, 0.6) is 0 Å². The quantitative estimate of drug-likeness (QED) is 0.193. The summed E-state index contributed by atoms with van der Waals surface area (Å²) in [7, 11) is 0. The minimum absolute atomic E-state index is 0.0475. The molecule has 8 nitrogen and oxygen atoms in total. The van der Waals surface area contributed by atoms with Crippen LogP contribution in [0.25, 0.3) is 21.7 Å². The second-order valence-corrected chi connectivity index (χ2v) is 12.4. The molecular weight excluding hydrogens is 558 g/mol. The van der Waals surface area contributed by atoms with Crippen LogP contribution >= 0.6 is 11.6 Å². The van der Waals surface area contributed by atoms with Crippen LogP contribution in [-0.2, 0) is 5.54 Å². The average Bonchev–Trinajstić information content (AvgIpc) is 3.45. The molecule has 1 atom stereocenters. The summed E-state index contributed by atoms with van der Waals surface area (Å²) in [4.78, 5) is 8.69. The van der Waals surface area contributed by atoms with Crippen molar-refractivity contribution in [3.8, 4) is 6.07 Å². The molecular formula is C31H31ClF2N8. The lowest BCUT2D eigenvalue weighted by atomic mass is 9.96. The van der Waals surface area contributed by atoms with E-state index in [1.807, 2.05) is 30.3 Å². The molecule has 42 heavy (non-hydrogen) atoms. The van der Waals surface area contributed by atoms with Crippen molar-refractivity contribution in [2.45, 2.75) is 52.6 Å². The molecule has 0 aliphatic carbocycles. The third-order valence-electron chi connectivity index (χ3n) is 7.11. The van der Waals surface area contributed by atoms with Crippen molar-refractivity contribution in [1.82, 2.24) is 25.0 Å². The number of nitrogens with zero attached hydrogens (tertiary/aromatic N) is 6. The van der Waals surface area contributed by atoms with E-state index in [0.29, 0.717) is 45.1 Å². The maximum atomic E-state index is 13.9. The summed E-state index contributed by atoms with van der Waals surface area (Å²) in [5, 5.41) is 28.1. The third-order valence-corrected chi connectivity index (χ3v) is 7.40. The van der Waals surface area contributed by atoms with E-state index in [0.717, 1.165) is 16.3 Å². The molecule has 0 spiro atoms. The number of alkyl halides is 2. The van der Waals surface area contributed by atoms with Gasteiger partial charge in [0.05, 0.1) is 34.0 Å². The monoisotopic (exact) mass is 588 g/mol. The predicted molar refractivity (Wildman–Crippen MR) is 162 cm³/mol. The van der Waals surface area contributed by atoms with Gasteiger partial charge in [-0.05, 0) is 48.4 Å². The first-order valence-corrected chi connectivity index (χ1v) is 13.8. The Morgan fingerprint density at radius 2 is 1.86 bits per heavy atom. The van der Waals surface area contributed by atoms with Gasteiger partial charge in [-0.25, -0.2) is 13.5 Å². The fraction of sp³-hybridized carbons (Fsp3) is 0.323. The summed E-state index contributed by atoms with van der Waals surface area (Å²) in [6.07, 6.45) is 3.87. The topological polar surface area (TPSA) is 104 Å². The molecule has 2 aromatic carbocycles. The van der Waals surface area contributed by atoms with E-state index in [9.17, 15) is 14.0 Å². The molecule has 2 N–H and O–H groups in total. The standard InChI is InChI=1S/C31H31ClF2N8/c1-30(2,3)17-38-26-19(13-35)15-37-27-23(26)11-20(12-24(27)32)39-28(22-8-6-7-18-14-36-10-9-21(18)22)25-16-42(41-40-25)31(4,5)29(33)34/h6-12,14-16,28-29,39H,17H2,1-5H3,(H,37,38). The number of pyridine rings is 2. The molecule has 0 fully saturated rings. The normalized spacial score (nSPS) is 13.0. The lowest BCUT2D eigenvalue weighted by Gasteiger charge is -2.24. The second-order valence-electron chi connectivity index (χ2n) is 12.0. The summed E-state index contributed by atoms with van der Waals surface area (Å²) in [6.45, 7) is 9.74. The van der Waals surface area contributed by atoms with E-state index in [-0.39, 0.29) is 5.41 Å². The van der Waals surface area contributed by atoms with E-state index in [1.165, 1.54) is 30.9 Å². The lowest BCUT2D eigenvalue weighted by Crippen LogP contribution is -2.34. The highest BCUT2D eigenvalue weighted by Gasteiger charge is 2.34. The molecule has 5 aromatic rings. The van der Waals surface area contributed by atoms with Crippen molar-refractivity contribution in [2.75, 3.05) is 17.2 Å². The number of hydrogen-bond acceptors (Lipinski definition) is 7. The van der Waals surface area contributed by atoms with Gasteiger partial charge < -0.3 is 10.6 Å². The van der Waals surface area contributed by atoms with Crippen molar-refractivity contribution in [1.29, 1.82) is 5.26 Å². The minimum atomic E-state index is -2.65. The Kier molecular flexibility index (Phi) is 7.73. The van der Waals surface area contributed by atoms with Gasteiger partial charge in [-0.2, -0.15) is 5.26 Å². The van der Waals surface area contributed by atoms with Crippen LogP contribution in [-0.4, -0.2) is 37.9 Å². The van der Waals surface area contributed by atoms with E-state index < -0.39 is 18.0 Å². The Bertz CT molecular complexity index is 1800. The van der Waals surface area contributed by atoms with Crippen LogP contribution in [0.1, 0.15) is 57.5 Å². The van der Waals surface area contributed by atoms with E-state index >= 15 is 0 Å². The Morgan fingerprint density at radius 1 is 1.07 bits per heavy atom. The zero-order chi connectivity index (χ0) is 30.2. The molecule has 3 heterocycles. The molecule has 5 rings (SSSR count). The van der Waals surface area contributed by atoms with Crippen LogP contribution in [0.2, 0.25) is 5.02 Å². The van der Waals surface area contributed by atoms with Crippen LogP contribution in [0.4, 0.5) is 20.2 Å². The Morgan fingerprint density at radius 3 is 2.57 bits per heavy atom. The van der Waals surface area contributed by atoms with Gasteiger partial charge in [-0.3, -0.25) is 9.97 Å². The first-order valence-electron chi connectivity index (χ1n) is 13.5. The van der Waals surface area contributed by atoms with E-state index in [1.54, 1.807) is 18.5 Å². The molecule has 3 aromatic heterocycles. The molecule has 1 unspecified atom stereocenters. The van der Waals surface area contributed by atoms with Crippen LogP contribution in [0.3, 0.4) is 0 Å². The zero-order valence-corrected chi connectivity index (χ0v) is 24.7. The lowest BCUT2D eigenvalue weighted by molar-refractivity contribution is 0.0191. The van der Waals surface area contributed by atoms with Gasteiger partial charge in [0.1, 0.15) is 17.3 Å². The highest BCUT2D eigenvalue weighted by Crippen LogP contribution is 2.37. The van der Waals surface area contributed by atoms with Gasteiger partial charge >= 0.3 is 0 Å². The maximum absolute atomic E-state index is 13.9. The highest BCUT2D eigenvalue weighted by atomic mass is 35.5. The molecule has 0 radical (unpaired) electrons. The smallest absolute Gasteiger partial charge is 0.262 e. The number of halogens is 3. The minimum Gasteiger partial charge on any atom is -0.383 e. The van der Waals surface area contributed by atoms with E-state index in [4.69, 9.17) is 11.6 Å². The number of rotatable bonds is 8. The number of anilines is 2. The number of aromatic nitrogens is 5. The first kappa shape index (κ1) is 29.1. The molecule has 0 amide bonds. The van der Waals surface area contributed by atoms with Gasteiger partial charge in [0.25, 0.3) is 6.43 Å². The van der Waals surface area contributed by atoms with Gasteiger partial charge in [0, 0.05) is 41.6 Å². The Labute approximate surface area is 247 Å². The molecule has 0 aliphatic heterocycles. The molecule has 0 bridgehead atoms. The van der Waals surface area contributed by atoms with Crippen molar-refractivity contribution in [3.05, 3.63) is 83.0 Å². The second kappa shape index (κ2) is 11.1. The van der Waals surface area contributed by atoms with Crippen molar-refractivity contribution >= 4 is 44.7 Å². The van der Waals surface area contributed by atoms with Crippen LogP contribution in [0, 0.1) is 16.7 Å².